The second-order valence-electron chi connectivity index (χ2n) is 7.00. The molecule has 2 aromatic carbocycles. The molecule has 0 radical (unpaired) electrons. The van der Waals surface area contributed by atoms with E-state index in [2.05, 4.69) is 23.1 Å². The quantitative estimate of drug-likeness (QED) is 0.579. The molecule has 0 fully saturated rings. The van der Waals surface area contributed by atoms with Gasteiger partial charge in [-0.1, -0.05) is 36.4 Å². The van der Waals surface area contributed by atoms with Crippen LogP contribution in [0.25, 0.3) is 32.6 Å². The third-order valence-corrected chi connectivity index (χ3v) is 5.03. The van der Waals surface area contributed by atoms with Crippen LogP contribution < -0.4 is 11.3 Å². The van der Waals surface area contributed by atoms with Crippen molar-refractivity contribution in [1.29, 1.82) is 0 Å². The van der Waals surface area contributed by atoms with Gasteiger partial charge in [0, 0.05) is 41.0 Å². The van der Waals surface area contributed by atoms with Crippen molar-refractivity contribution in [3.8, 4) is 0 Å². The Kier molecular flexibility index (Phi) is 3.89. The van der Waals surface area contributed by atoms with E-state index in [0.717, 1.165) is 39.1 Å². The lowest BCUT2D eigenvalue weighted by Crippen LogP contribution is -2.29. The Labute approximate surface area is 151 Å². The van der Waals surface area contributed by atoms with Gasteiger partial charge in [-0.15, -0.1) is 0 Å². The molecule has 26 heavy (non-hydrogen) atoms. The summed E-state index contributed by atoms with van der Waals surface area (Å²) >= 11 is 0. The van der Waals surface area contributed by atoms with Crippen molar-refractivity contribution in [2.75, 3.05) is 26.4 Å². The molecule has 4 rings (SSSR count). The van der Waals surface area contributed by atoms with Crippen molar-refractivity contribution in [2.24, 2.45) is 0 Å². The summed E-state index contributed by atoms with van der Waals surface area (Å²) in [4.78, 5) is 19.7. The van der Waals surface area contributed by atoms with E-state index in [1.54, 1.807) is 13.1 Å². The summed E-state index contributed by atoms with van der Waals surface area (Å²) in [5.41, 5.74) is 9.13. The van der Waals surface area contributed by atoms with Gasteiger partial charge >= 0.3 is 0 Å². The SMILES string of the molecule is Cc1c(N)c2cnc3c4ccccc4ccc3c2n(CCN(C)C)c1=O. The van der Waals surface area contributed by atoms with E-state index in [1.807, 2.05) is 36.9 Å². The van der Waals surface area contributed by atoms with Crippen molar-refractivity contribution in [3.05, 3.63) is 58.5 Å². The van der Waals surface area contributed by atoms with E-state index in [1.165, 1.54) is 0 Å². The van der Waals surface area contributed by atoms with E-state index >= 15 is 0 Å². The molecular formula is C21H22N4O. The molecule has 0 bridgehead atoms. The second kappa shape index (κ2) is 6.11. The maximum absolute atomic E-state index is 13.0. The molecule has 0 amide bonds. The van der Waals surface area contributed by atoms with Crippen LogP contribution in [0.4, 0.5) is 5.69 Å². The van der Waals surface area contributed by atoms with Crippen LogP contribution in [-0.4, -0.2) is 35.1 Å². The van der Waals surface area contributed by atoms with E-state index in [9.17, 15) is 4.79 Å². The molecule has 5 heteroatoms. The standard InChI is InChI=1S/C21H22N4O/c1-13-18(22)17-12-23-19-15-7-5-4-6-14(15)8-9-16(19)20(17)25(21(13)26)11-10-24(2)3/h4-9,12H,10-11,22H2,1-3H3. The Hall–Kier alpha value is -2.92. The van der Waals surface area contributed by atoms with Crippen molar-refractivity contribution >= 4 is 38.3 Å². The van der Waals surface area contributed by atoms with Gasteiger partial charge in [0.25, 0.3) is 5.56 Å². The normalized spacial score (nSPS) is 11.8. The van der Waals surface area contributed by atoms with E-state index in [4.69, 9.17) is 10.7 Å². The number of pyridine rings is 2. The molecule has 0 spiro atoms. The van der Waals surface area contributed by atoms with Gasteiger partial charge in [-0.3, -0.25) is 9.78 Å². The van der Waals surface area contributed by atoms with Crippen molar-refractivity contribution in [1.82, 2.24) is 14.5 Å². The summed E-state index contributed by atoms with van der Waals surface area (Å²) in [6, 6.07) is 12.3. The van der Waals surface area contributed by atoms with Crippen LogP contribution in [0.15, 0.2) is 47.4 Å². The molecule has 2 aromatic heterocycles. The zero-order valence-electron chi connectivity index (χ0n) is 15.3. The Morgan fingerprint density at radius 1 is 1.08 bits per heavy atom. The topological polar surface area (TPSA) is 64.2 Å². The fourth-order valence-electron chi connectivity index (χ4n) is 3.54. The fourth-order valence-corrected chi connectivity index (χ4v) is 3.54. The summed E-state index contributed by atoms with van der Waals surface area (Å²) in [6.07, 6.45) is 1.80. The molecule has 2 heterocycles. The number of nitrogens with zero attached hydrogens (tertiary/aromatic N) is 3. The molecule has 0 aliphatic heterocycles. The molecule has 4 aromatic rings. The highest BCUT2D eigenvalue weighted by Gasteiger charge is 2.16. The molecule has 132 valence electrons. The van der Waals surface area contributed by atoms with Crippen LogP contribution in [0.5, 0.6) is 0 Å². The lowest BCUT2D eigenvalue weighted by molar-refractivity contribution is 0.384. The third kappa shape index (κ3) is 2.44. The number of nitrogens with two attached hydrogens (primary N) is 1. The van der Waals surface area contributed by atoms with Gasteiger partial charge in [0.2, 0.25) is 0 Å². The average molecular weight is 346 g/mol. The van der Waals surface area contributed by atoms with Crippen LogP contribution in [0, 0.1) is 6.92 Å². The first-order chi connectivity index (χ1) is 12.5. The molecule has 0 aliphatic carbocycles. The molecule has 0 saturated carbocycles. The number of anilines is 1. The maximum atomic E-state index is 13.0. The van der Waals surface area contributed by atoms with Gasteiger partial charge in [0.05, 0.1) is 16.7 Å². The van der Waals surface area contributed by atoms with Crippen LogP contribution >= 0.6 is 0 Å². The van der Waals surface area contributed by atoms with E-state index < -0.39 is 0 Å². The van der Waals surface area contributed by atoms with Crippen LogP contribution in [0.3, 0.4) is 0 Å². The minimum absolute atomic E-state index is 0.0301. The molecule has 0 atom stereocenters. The average Bonchev–Trinajstić information content (AvgIpc) is 2.65. The number of likely N-dealkylation sites (N-methyl/N-ethyl adjacent to an activating group) is 1. The number of hydrogen-bond acceptors (Lipinski definition) is 4. The van der Waals surface area contributed by atoms with Crippen molar-refractivity contribution in [2.45, 2.75) is 13.5 Å². The molecule has 2 N–H and O–H groups in total. The maximum Gasteiger partial charge on any atom is 0.256 e. The van der Waals surface area contributed by atoms with Gasteiger partial charge in [0.1, 0.15) is 0 Å². The Bertz CT molecular complexity index is 1210. The third-order valence-electron chi connectivity index (χ3n) is 5.03. The lowest BCUT2D eigenvalue weighted by atomic mass is 10.0. The Morgan fingerprint density at radius 3 is 2.62 bits per heavy atom. The predicted molar refractivity (Wildman–Crippen MR) is 109 cm³/mol. The minimum atomic E-state index is -0.0301. The summed E-state index contributed by atoms with van der Waals surface area (Å²) in [5, 5.41) is 4.01. The van der Waals surface area contributed by atoms with Gasteiger partial charge in [-0.2, -0.15) is 0 Å². The predicted octanol–water partition coefficient (Wildman–Crippen LogP) is 3.16. The zero-order valence-corrected chi connectivity index (χ0v) is 15.3. The number of benzene rings is 2. The highest BCUT2D eigenvalue weighted by atomic mass is 16.1. The smallest absolute Gasteiger partial charge is 0.256 e. The molecule has 5 nitrogen and oxygen atoms in total. The van der Waals surface area contributed by atoms with Gasteiger partial charge in [0.15, 0.2) is 0 Å². The van der Waals surface area contributed by atoms with Crippen LogP contribution in [0.1, 0.15) is 5.56 Å². The number of hydrogen-bond donors (Lipinski definition) is 1. The Balaban J connectivity index is 2.18. The van der Waals surface area contributed by atoms with Gasteiger partial charge in [-0.05, 0) is 26.4 Å². The zero-order chi connectivity index (χ0) is 18.4. The monoisotopic (exact) mass is 346 g/mol. The lowest BCUT2D eigenvalue weighted by Gasteiger charge is -2.18. The summed E-state index contributed by atoms with van der Waals surface area (Å²) in [7, 11) is 4.01. The highest BCUT2D eigenvalue weighted by Crippen LogP contribution is 2.31. The largest absolute Gasteiger partial charge is 0.398 e. The van der Waals surface area contributed by atoms with E-state index in [-0.39, 0.29) is 5.56 Å². The molecule has 0 saturated heterocycles. The Morgan fingerprint density at radius 2 is 1.85 bits per heavy atom. The number of nitrogen functional groups attached to an aromatic ring is 1. The first-order valence-corrected chi connectivity index (χ1v) is 8.73. The van der Waals surface area contributed by atoms with E-state index in [0.29, 0.717) is 17.8 Å². The fraction of sp³-hybridized carbons (Fsp3) is 0.238. The summed E-state index contributed by atoms with van der Waals surface area (Å²) < 4.78 is 1.85. The number of aromatic nitrogens is 2. The minimum Gasteiger partial charge on any atom is -0.398 e. The molecular weight excluding hydrogens is 324 g/mol. The highest BCUT2D eigenvalue weighted by molar-refractivity contribution is 6.15. The first-order valence-electron chi connectivity index (χ1n) is 8.73. The summed E-state index contributed by atoms with van der Waals surface area (Å²) in [5.74, 6) is 0. The van der Waals surface area contributed by atoms with Crippen molar-refractivity contribution in [3.63, 3.8) is 0 Å². The number of fused-ring (bicyclic) bond motifs is 5. The van der Waals surface area contributed by atoms with Crippen molar-refractivity contribution < 1.29 is 0 Å². The molecule has 0 aliphatic rings. The van der Waals surface area contributed by atoms with Crippen LogP contribution in [-0.2, 0) is 6.54 Å². The first kappa shape index (κ1) is 16.5. The second-order valence-corrected chi connectivity index (χ2v) is 7.00. The van der Waals surface area contributed by atoms with Crippen LogP contribution in [0.2, 0.25) is 0 Å². The van der Waals surface area contributed by atoms with Gasteiger partial charge in [-0.25, -0.2) is 0 Å². The van der Waals surface area contributed by atoms with Gasteiger partial charge < -0.3 is 15.2 Å². The summed E-state index contributed by atoms with van der Waals surface area (Å²) in [6.45, 7) is 3.17. The molecule has 0 unspecified atom stereocenters. The number of rotatable bonds is 3.